The Hall–Kier alpha value is -2.28. The SMILES string of the molecule is COc1cc2c(c(C(C)(C)C)c1)C=CC(C)=C1C=C(C(C)C)C=CC(C)=C12. The molecule has 0 bridgehead atoms. The zero-order valence-corrected chi connectivity index (χ0v) is 18.0. The fourth-order valence-electron chi connectivity index (χ4n) is 3.88. The van der Waals surface area contributed by atoms with Crippen molar-refractivity contribution in [1.29, 1.82) is 0 Å². The molecular formula is C26H32O. The van der Waals surface area contributed by atoms with E-state index in [4.69, 9.17) is 4.74 Å². The molecule has 1 heteroatoms. The van der Waals surface area contributed by atoms with E-state index in [1.807, 2.05) is 0 Å². The van der Waals surface area contributed by atoms with E-state index in [0.29, 0.717) is 5.92 Å². The number of hydrogen-bond donors (Lipinski definition) is 0. The second kappa shape index (κ2) is 7.03. The van der Waals surface area contributed by atoms with E-state index in [1.165, 1.54) is 44.6 Å². The molecule has 0 fully saturated rings. The molecule has 0 spiro atoms. The predicted octanol–water partition coefficient (Wildman–Crippen LogP) is 7.26. The Morgan fingerprint density at radius 1 is 0.889 bits per heavy atom. The van der Waals surface area contributed by atoms with Crippen molar-refractivity contribution in [3.63, 3.8) is 0 Å². The van der Waals surface area contributed by atoms with Crippen molar-refractivity contribution in [2.24, 2.45) is 5.92 Å². The molecule has 0 N–H and O–H groups in total. The molecule has 0 saturated heterocycles. The second-order valence-electron chi connectivity index (χ2n) is 9.01. The van der Waals surface area contributed by atoms with Gasteiger partial charge in [-0.2, -0.15) is 0 Å². The second-order valence-corrected chi connectivity index (χ2v) is 9.01. The van der Waals surface area contributed by atoms with E-state index in [2.05, 4.69) is 91.0 Å². The third-order valence-electron chi connectivity index (χ3n) is 5.56. The minimum atomic E-state index is 0.0370. The van der Waals surface area contributed by atoms with Gasteiger partial charge in [0.1, 0.15) is 5.75 Å². The molecule has 0 aliphatic heterocycles. The van der Waals surface area contributed by atoms with Gasteiger partial charge in [0, 0.05) is 0 Å². The van der Waals surface area contributed by atoms with E-state index in [0.717, 1.165) is 5.75 Å². The van der Waals surface area contributed by atoms with Crippen LogP contribution in [0.15, 0.2) is 58.7 Å². The summed E-state index contributed by atoms with van der Waals surface area (Å²) in [5.74, 6) is 1.42. The number of allylic oxidation sites excluding steroid dienone is 9. The van der Waals surface area contributed by atoms with Crippen molar-refractivity contribution >= 4 is 11.6 Å². The van der Waals surface area contributed by atoms with Crippen LogP contribution in [0, 0.1) is 5.92 Å². The lowest BCUT2D eigenvalue weighted by Gasteiger charge is -2.26. The molecule has 0 radical (unpaired) electrons. The first-order valence-electron chi connectivity index (χ1n) is 9.86. The molecule has 142 valence electrons. The minimum Gasteiger partial charge on any atom is -0.497 e. The molecular weight excluding hydrogens is 328 g/mol. The number of benzene rings is 1. The van der Waals surface area contributed by atoms with Gasteiger partial charge in [-0.05, 0) is 81.9 Å². The molecule has 0 unspecified atom stereocenters. The highest BCUT2D eigenvalue weighted by Crippen LogP contribution is 2.43. The van der Waals surface area contributed by atoms with Crippen molar-refractivity contribution in [3.8, 4) is 5.75 Å². The number of ether oxygens (including phenoxy) is 1. The lowest BCUT2D eigenvalue weighted by molar-refractivity contribution is 0.412. The first-order valence-corrected chi connectivity index (χ1v) is 9.86. The molecule has 0 heterocycles. The highest BCUT2D eigenvalue weighted by molar-refractivity contribution is 5.94. The normalized spacial score (nSPS) is 16.9. The molecule has 1 nitrogen and oxygen atoms in total. The Balaban J connectivity index is 2.39. The molecule has 0 aromatic heterocycles. The zero-order chi connectivity index (χ0) is 19.9. The predicted molar refractivity (Wildman–Crippen MR) is 118 cm³/mol. The van der Waals surface area contributed by atoms with Crippen LogP contribution in [0.4, 0.5) is 0 Å². The van der Waals surface area contributed by atoms with Gasteiger partial charge in [0.2, 0.25) is 0 Å². The average molecular weight is 361 g/mol. The maximum Gasteiger partial charge on any atom is 0.119 e. The van der Waals surface area contributed by atoms with E-state index in [9.17, 15) is 0 Å². The fraction of sp³-hybridized carbons (Fsp3) is 0.385. The van der Waals surface area contributed by atoms with Gasteiger partial charge in [0.25, 0.3) is 0 Å². The summed E-state index contributed by atoms with van der Waals surface area (Å²) >= 11 is 0. The number of fused-ring (bicyclic) bond motifs is 3. The molecule has 2 aliphatic carbocycles. The summed E-state index contributed by atoms with van der Waals surface area (Å²) in [7, 11) is 1.76. The van der Waals surface area contributed by atoms with Crippen LogP contribution in [0.1, 0.15) is 65.2 Å². The smallest absolute Gasteiger partial charge is 0.119 e. The van der Waals surface area contributed by atoms with Crippen LogP contribution in [0.5, 0.6) is 5.75 Å². The topological polar surface area (TPSA) is 9.23 Å². The van der Waals surface area contributed by atoms with Gasteiger partial charge >= 0.3 is 0 Å². The van der Waals surface area contributed by atoms with Crippen molar-refractivity contribution in [2.75, 3.05) is 7.11 Å². The number of methoxy groups -OCH3 is 1. The Morgan fingerprint density at radius 3 is 2.15 bits per heavy atom. The summed E-state index contributed by atoms with van der Waals surface area (Å²) in [6, 6.07) is 4.40. The molecule has 27 heavy (non-hydrogen) atoms. The summed E-state index contributed by atoms with van der Waals surface area (Å²) in [6.07, 6.45) is 11.5. The number of rotatable bonds is 2. The number of hydrogen-bond acceptors (Lipinski definition) is 1. The van der Waals surface area contributed by atoms with Gasteiger partial charge in [0.05, 0.1) is 7.11 Å². The van der Waals surface area contributed by atoms with Crippen LogP contribution in [0.3, 0.4) is 0 Å². The summed E-state index contributed by atoms with van der Waals surface area (Å²) < 4.78 is 5.69. The average Bonchev–Trinajstić information content (AvgIpc) is 2.85. The first kappa shape index (κ1) is 19.5. The van der Waals surface area contributed by atoms with Crippen LogP contribution in [-0.4, -0.2) is 7.11 Å². The molecule has 2 aliphatic rings. The van der Waals surface area contributed by atoms with Gasteiger partial charge in [0.15, 0.2) is 0 Å². The van der Waals surface area contributed by atoms with Gasteiger partial charge in [-0.3, -0.25) is 0 Å². The molecule has 1 aromatic rings. The quantitative estimate of drug-likeness (QED) is 0.539. The maximum absolute atomic E-state index is 5.69. The Morgan fingerprint density at radius 2 is 1.56 bits per heavy atom. The van der Waals surface area contributed by atoms with Gasteiger partial charge in [-0.1, -0.05) is 65.0 Å². The standard InChI is InChI=1S/C26H32O/c1-16(2)19-11-9-18(4)25-22(13-19)17(3)10-12-21-23(25)14-20(27-8)15-24(21)26(5,6)7/h9-16H,1-8H3. The summed E-state index contributed by atoms with van der Waals surface area (Å²) in [6.45, 7) is 15.8. The molecule has 0 saturated carbocycles. The monoisotopic (exact) mass is 360 g/mol. The highest BCUT2D eigenvalue weighted by atomic mass is 16.5. The Labute approximate surface area is 164 Å². The van der Waals surface area contributed by atoms with Crippen LogP contribution >= 0.6 is 0 Å². The van der Waals surface area contributed by atoms with Crippen molar-refractivity contribution in [3.05, 3.63) is 75.4 Å². The summed E-state index contributed by atoms with van der Waals surface area (Å²) in [4.78, 5) is 0. The maximum atomic E-state index is 5.69. The third-order valence-corrected chi connectivity index (χ3v) is 5.56. The van der Waals surface area contributed by atoms with Gasteiger partial charge in [-0.25, -0.2) is 0 Å². The summed E-state index contributed by atoms with van der Waals surface area (Å²) in [5.41, 5.74) is 10.6. The van der Waals surface area contributed by atoms with Crippen LogP contribution < -0.4 is 4.74 Å². The largest absolute Gasteiger partial charge is 0.497 e. The van der Waals surface area contributed by atoms with E-state index < -0.39 is 0 Å². The van der Waals surface area contributed by atoms with Crippen LogP contribution in [-0.2, 0) is 5.41 Å². The van der Waals surface area contributed by atoms with Crippen molar-refractivity contribution in [1.82, 2.24) is 0 Å². The van der Waals surface area contributed by atoms with E-state index in [1.54, 1.807) is 7.11 Å². The summed E-state index contributed by atoms with van der Waals surface area (Å²) in [5, 5.41) is 0. The lowest BCUT2D eigenvalue weighted by atomic mass is 9.79. The molecule has 0 amide bonds. The highest BCUT2D eigenvalue weighted by Gasteiger charge is 2.26. The molecule has 0 atom stereocenters. The van der Waals surface area contributed by atoms with E-state index in [-0.39, 0.29) is 5.41 Å². The third kappa shape index (κ3) is 3.60. The van der Waals surface area contributed by atoms with Gasteiger partial charge < -0.3 is 4.74 Å². The minimum absolute atomic E-state index is 0.0370. The Kier molecular flexibility index (Phi) is 5.08. The Bertz CT molecular complexity index is 922. The fourth-order valence-corrected chi connectivity index (χ4v) is 3.88. The molecule has 3 rings (SSSR count). The van der Waals surface area contributed by atoms with Gasteiger partial charge in [-0.15, -0.1) is 0 Å². The van der Waals surface area contributed by atoms with Crippen molar-refractivity contribution < 1.29 is 4.74 Å². The molecule has 1 aromatic carbocycles. The first-order chi connectivity index (χ1) is 12.6. The van der Waals surface area contributed by atoms with Crippen molar-refractivity contribution in [2.45, 2.75) is 53.9 Å². The van der Waals surface area contributed by atoms with E-state index >= 15 is 0 Å². The van der Waals surface area contributed by atoms with Crippen LogP contribution in [0.25, 0.3) is 11.6 Å². The lowest BCUT2D eigenvalue weighted by Crippen LogP contribution is -2.14. The zero-order valence-electron chi connectivity index (χ0n) is 18.0. The van der Waals surface area contributed by atoms with Crippen LogP contribution in [0.2, 0.25) is 0 Å².